The minimum absolute atomic E-state index is 0.0217. The van der Waals surface area contributed by atoms with E-state index in [2.05, 4.69) is 47.8 Å². The van der Waals surface area contributed by atoms with Gasteiger partial charge in [-0.2, -0.15) is 4.31 Å². The third-order valence-electron chi connectivity index (χ3n) is 9.03. The van der Waals surface area contributed by atoms with Crippen molar-refractivity contribution < 1.29 is 45.0 Å². The van der Waals surface area contributed by atoms with Crippen molar-refractivity contribution in [2.45, 2.75) is 96.2 Å². The highest BCUT2D eigenvalue weighted by Gasteiger charge is 2.38. The van der Waals surface area contributed by atoms with Gasteiger partial charge in [-0.25, -0.2) is 30.8 Å². The molecule has 9 nitrogen and oxygen atoms in total. The van der Waals surface area contributed by atoms with Gasteiger partial charge in [-0.1, -0.05) is 50.6 Å². The van der Waals surface area contributed by atoms with Crippen LogP contribution >= 0.6 is 27.5 Å². The van der Waals surface area contributed by atoms with Crippen molar-refractivity contribution >= 4 is 55.1 Å². The molecule has 0 atom stereocenters. The van der Waals surface area contributed by atoms with E-state index in [4.69, 9.17) is 21.1 Å². The molecule has 16 heteroatoms. The molecule has 57 heavy (non-hydrogen) atoms. The average molecular weight is 897 g/mol. The number of carbonyl (C=O) groups excluding carboxylic acids is 2. The van der Waals surface area contributed by atoms with E-state index in [9.17, 15) is 31.2 Å². The Kier molecular flexibility index (Phi) is 13.2. The molecule has 1 saturated carbocycles. The van der Waals surface area contributed by atoms with E-state index in [0.29, 0.717) is 15.8 Å². The van der Waals surface area contributed by atoms with Gasteiger partial charge in [0, 0.05) is 29.5 Å². The summed E-state index contributed by atoms with van der Waals surface area (Å²) < 4.78 is 98.5. The summed E-state index contributed by atoms with van der Waals surface area (Å²) in [6, 6.07) is 11.7. The van der Waals surface area contributed by atoms with E-state index >= 15 is 4.39 Å². The van der Waals surface area contributed by atoms with Gasteiger partial charge in [0.25, 0.3) is 0 Å². The van der Waals surface area contributed by atoms with E-state index in [0.717, 1.165) is 24.0 Å². The summed E-state index contributed by atoms with van der Waals surface area (Å²) in [5.41, 5.74) is 1.98. The fraction of sp³-hybridized carbons (Fsp3) is 0.390. The Bertz CT molecular complexity index is 2280. The summed E-state index contributed by atoms with van der Waals surface area (Å²) in [7, 11) is -5.38. The molecule has 0 bridgehead atoms. The first-order valence-corrected chi connectivity index (χ1v) is 20.7. The van der Waals surface area contributed by atoms with E-state index < -0.39 is 73.2 Å². The number of nitrogens with zero attached hydrogens (tertiary/aromatic N) is 3. The van der Waals surface area contributed by atoms with Gasteiger partial charge in [0.05, 0.1) is 35.4 Å². The minimum atomic E-state index is -5.38. The Balaban J connectivity index is 1.69. The minimum Gasteiger partial charge on any atom is -0.492 e. The Labute approximate surface area is 343 Å². The number of hydrogen-bond donors (Lipinski definition) is 0. The third kappa shape index (κ3) is 10.2. The van der Waals surface area contributed by atoms with Crippen LogP contribution in [0.4, 0.5) is 23.2 Å². The fourth-order valence-corrected chi connectivity index (χ4v) is 8.58. The Morgan fingerprint density at radius 1 is 0.930 bits per heavy atom. The Morgan fingerprint density at radius 2 is 1.60 bits per heavy atom. The maximum Gasteiger partial charge on any atom is 0.338 e. The molecule has 1 aliphatic carbocycles. The standard InChI is InChI=1S/C41H43BrClF4N3O6S/c1-8-55-31-18-25(39(52)56-41(5,6)7)11-12-30(31)50(20-23-15-26(24-9-10-24)17-28(16-23)40(2,3)4)32(51)22-49(21-27-19-48-14-13-29(27)43)57(53,54)38-33(42)34(44)35(45)36(46)37(38)47/h11-19,24H,8-10,20-22H2,1-7H3. The monoisotopic (exact) mass is 895 g/mol. The molecule has 0 spiro atoms. The van der Waals surface area contributed by atoms with E-state index in [1.54, 1.807) is 27.7 Å². The number of ether oxygens (including phenoxy) is 2. The summed E-state index contributed by atoms with van der Waals surface area (Å²) in [6.45, 7) is 11.2. The normalized spacial score (nSPS) is 13.5. The molecule has 4 aromatic rings. The maximum absolute atomic E-state index is 15.4. The molecule has 1 heterocycles. The number of pyridine rings is 1. The van der Waals surface area contributed by atoms with E-state index in [1.807, 2.05) is 12.1 Å². The fourth-order valence-electron chi connectivity index (χ4n) is 5.98. The highest BCUT2D eigenvalue weighted by Crippen LogP contribution is 2.43. The second kappa shape index (κ2) is 17.0. The van der Waals surface area contributed by atoms with Gasteiger partial charge in [0.1, 0.15) is 16.2 Å². The Morgan fingerprint density at radius 3 is 2.19 bits per heavy atom. The van der Waals surface area contributed by atoms with Crippen LogP contribution in [0.5, 0.6) is 5.75 Å². The number of rotatable bonds is 13. The molecule has 1 fully saturated rings. The van der Waals surface area contributed by atoms with Gasteiger partial charge in [-0.3, -0.25) is 9.78 Å². The van der Waals surface area contributed by atoms with Crippen LogP contribution in [0.3, 0.4) is 0 Å². The summed E-state index contributed by atoms with van der Waals surface area (Å²) in [6.07, 6.45) is 4.54. The zero-order chi connectivity index (χ0) is 42.2. The lowest BCUT2D eigenvalue weighted by Crippen LogP contribution is -2.43. The first-order valence-electron chi connectivity index (χ1n) is 18.1. The molecule has 0 unspecified atom stereocenters. The summed E-state index contributed by atoms with van der Waals surface area (Å²) in [5.74, 6) is -9.91. The largest absolute Gasteiger partial charge is 0.492 e. The predicted octanol–water partition coefficient (Wildman–Crippen LogP) is 10.0. The molecule has 0 saturated heterocycles. The summed E-state index contributed by atoms with van der Waals surface area (Å²) >= 11 is 8.96. The van der Waals surface area contributed by atoms with Crippen LogP contribution < -0.4 is 9.64 Å². The molecule has 306 valence electrons. The summed E-state index contributed by atoms with van der Waals surface area (Å²) in [5, 5.41) is 0.0217. The van der Waals surface area contributed by atoms with Crippen molar-refractivity contribution in [3.8, 4) is 5.75 Å². The summed E-state index contributed by atoms with van der Waals surface area (Å²) in [4.78, 5) is 31.6. The molecular formula is C41H43BrClF4N3O6S. The van der Waals surface area contributed by atoms with E-state index in [1.165, 1.54) is 41.6 Å². The molecule has 5 rings (SSSR count). The second-order valence-corrected chi connectivity index (χ2v) is 18.8. The van der Waals surface area contributed by atoms with Gasteiger partial charge in [0.15, 0.2) is 23.3 Å². The van der Waals surface area contributed by atoms with Crippen molar-refractivity contribution in [1.29, 1.82) is 0 Å². The molecule has 1 aliphatic rings. The average Bonchev–Trinajstić information content (AvgIpc) is 3.98. The number of hydrogen-bond acceptors (Lipinski definition) is 7. The smallest absolute Gasteiger partial charge is 0.338 e. The first kappa shape index (κ1) is 44.1. The zero-order valence-electron chi connectivity index (χ0n) is 32.5. The van der Waals surface area contributed by atoms with Gasteiger partial charge >= 0.3 is 5.97 Å². The molecular weight excluding hydrogens is 854 g/mol. The molecule has 1 aromatic heterocycles. The van der Waals surface area contributed by atoms with Crippen LogP contribution in [-0.4, -0.2) is 48.3 Å². The number of sulfonamides is 1. The van der Waals surface area contributed by atoms with Crippen LogP contribution in [0.25, 0.3) is 0 Å². The van der Waals surface area contributed by atoms with Crippen LogP contribution in [0.2, 0.25) is 5.02 Å². The first-order chi connectivity index (χ1) is 26.5. The van der Waals surface area contributed by atoms with Crippen molar-refractivity contribution in [2.75, 3.05) is 18.1 Å². The quantitative estimate of drug-likeness (QED) is 0.0570. The molecule has 0 aliphatic heterocycles. The van der Waals surface area contributed by atoms with Crippen molar-refractivity contribution in [1.82, 2.24) is 9.29 Å². The van der Waals surface area contributed by atoms with Gasteiger partial charge in [-0.15, -0.1) is 0 Å². The maximum atomic E-state index is 15.4. The number of aromatic nitrogens is 1. The molecule has 1 amide bonds. The highest BCUT2D eigenvalue weighted by atomic mass is 79.9. The number of esters is 1. The zero-order valence-corrected chi connectivity index (χ0v) is 35.6. The van der Waals surface area contributed by atoms with E-state index in [-0.39, 0.29) is 46.2 Å². The lowest BCUT2D eigenvalue weighted by atomic mass is 9.84. The van der Waals surface area contributed by atoms with Crippen LogP contribution in [0.1, 0.15) is 99.8 Å². The van der Waals surface area contributed by atoms with Gasteiger partial charge < -0.3 is 14.4 Å². The lowest BCUT2D eigenvalue weighted by Gasteiger charge is -2.30. The van der Waals surface area contributed by atoms with Crippen LogP contribution in [0.15, 0.2) is 64.2 Å². The number of halogens is 6. The van der Waals surface area contributed by atoms with Gasteiger partial charge in [0.2, 0.25) is 15.9 Å². The predicted molar refractivity (Wildman–Crippen MR) is 212 cm³/mol. The third-order valence-corrected chi connectivity index (χ3v) is 12.2. The SMILES string of the molecule is CCOc1cc(C(=O)OC(C)(C)C)ccc1N(Cc1cc(C2CC2)cc(C(C)(C)C)c1)C(=O)CN(Cc1cnccc1Cl)S(=O)(=O)c1c(F)c(F)c(F)c(F)c1Br. The molecule has 0 N–H and O–H groups in total. The number of amides is 1. The highest BCUT2D eigenvalue weighted by molar-refractivity contribution is 9.10. The molecule has 0 radical (unpaired) electrons. The van der Waals surface area contributed by atoms with Crippen molar-refractivity contribution in [3.05, 3.63) is 115 Å². The number of anilines is 1. The molecule has 3 aromatic carbocycles. The van der Waals surface area contributed by atoms with Crippen molar-refractivity contribution in [2.24, 2.45) is 0 Å². The van der Waals surface area contributed by atoms with Gasteiger partial charge in [-0.05, 0) is 109 Å². The number of carbonyl (C=O) groups is 2. The lowest BCUT2D eigenvalue weighted by molar-refractivity contribution is -0.119. The second-order valence-electron chi connectivity index (χ2n) is 15.7. The van der Waals surface area contributed by atoms with Crippen LogP contribution in [0, 0.1) is 23.3 Å². The number of benzene rings is 3. The van der Waals surface area contributed by atoms with Crippen molar-refractivity contribution in [3.63, 3.8) is 0 Å². The Hall–Kier alpha value is -4.05. The topological polar surface area (TPSA) is 106 Å². The van der Waals surface area contributed by atoms with Crippen LogP contribution in [-0.2, 0) is 38.1 Å².